The Bertz CT molecular complexity index is 595. The van der Waals surface area contributed by atoms with Gasteiger partial charge < -0.3 is 15.8 Å². The van der Waals surface area contributed by atoms with E-state index in [9.17, 15) is 23.3 Å². The number of carbonyl (C=O) groups excluding carboxylic acids is 1. The van der Waals surface area contributed by atoms with E-state index in [-0.39, 0.29) is 6.54 Å². The van der Waals surface area contributed by atoms with E-state index in [0.717, 1.165) is 10.9 Å². The van der Waals surface area contributed by atoms with Crippen LogP contribution in [-0.2, 0) is 20.4 Å². The van der Waals surface area contributed by atoms with Gasteiger partial charge in [-0.3, -0.25) is 4.79 Å². The first-order valence-electron chi connectivity index (χ1n) is 4.58. The summed E-state index contributed by atoms with van der Waals surface area (Å²) in [4.78, 5) is 19.8. The molecule has 11 heteroatoms. The fourth-order valence-electron chi connectivity index (χ4n) is 1.16. The molecule has 9 nitrogen and oxygen atoms in total. The van der Waals surface area contributed by atoms with Gasteiger partial charge in [0, 0.05) is 10.7 Å². The van der Waals surface area contributed by atoms with Crippen molar-refractivity contribution in [3.05, 3.63) is 16.3 Å². The summed E-state index contributed by atoms with van der Waals surface area (Å²) in [7, 11) is 0.760. The molecule has 0 aliphatic heterocycles. The lowest BCUT2D eigenvalue weighted by Gasteiger charge is -2.02. The Kier molecular flexibility index (Phi) is 3.92. The lowest BCUT2D eigenvalue weighted by molar-refractivity contribution is -0.392. The average Bonchev–Trinajstić information content (AvgIpc) is 2.60. The highest BCUT2D eigenvalue weighted by molar-refractivity contribution is 8.13. The number of aromatic nitrogens is 2. The summed E-state index contributed by atoms with van der Waals surface area (Å²) in [6.45, 7) is 1.40. The molecule has 1 aromatic heterocycles. The van der Waals surface area contributed by atoms with E-state index in [1.807, 2.05) is 0 Å². The third-order valence-electron chi connectivity index (χ3n) is 2.09. The number of nitrogens with two attached hydrogens (primary N) is 1. The maximum Gasteiger partial charge on any atom is 0.410 e. The highest BCUT2D eigenvalue weighted by Crippen LogP contribution is 2.25. The molecule has 0 radical (unpaired) electrons. The van der Waals surface area contributed by atoms with Gasteiger partial charge in [-0.15, -0.1) is 0 Å². The molecule has 0 fully saturated rings. The first-order valence-corrected chi connectivity index (χ1v) is 6.89. The summed E-state index contributed by atoms with van der Waals surface area (Å²) in [6.07, 6.45) is 0.889. The van der Waals surface area contributed by atoms with Crippen LogP contribution in [0.2, 0.25) is 0 Å². The molecule has 2 N–H and O–H groups in total. The van der Waals surface area contributed by atoms with E-state index >= 15 is 0 Å². The van der Waals surface area contributed by atoms with Crippen molar-refractivity contribution in [2.45, 2.75) is 18.4 Å². The molecule has 0 aliphatic carbocycles. The second kappa shape index (κ2) is 4.90. The molecule has 1 amide bonds. The molecule has 0 spiro atoms. The van der Waals surface area contributed by atoms with E-state index < -0.39 is 36.5 Å². The summed E-state index contributed by atoms with van der Waals surface area (Å²) in [5.41, 5.74) is 5.02. The maximum atomic E-state index is 11.1. The second-order valence-corrected chi connectivity index (χ2v) is 6.07. The fraction of sp³-hybridized carbons (Fsp3) is 0.429. The fourth-order valence-corrected chi connectivity index (χ4v) is 2.06. The second-order valence-electron chi connectivity index (χ2n) is 3.54. The molecule has 1 unspecified atom stereocenters. The number of nitro groups is 1. The third-order valence-corrected chi connectivity index (χ3v) is 3.40. The normalized spacial score (nSPS) is 13.2. The van der Waals surface area contributed by atoms with Gasteiger partial charge in [0.25, 0.3) is 9.05 Å². The Morgan fingerprint density at radius 1 is 1.72 bits per heavy atom. The Hall–Kier alpha value is -1.68. The van der Waals surface area contributed by atoms with Crippen LogP contribution in [0.15, 0.2) is 11.1 Å². The Labute approximate surface area is 106 Å². The minimum absolute atomic E-state index is 0.0808. The van der Waals surface area contributed by atoms with Gasteiger partial charge in [0.15, 0.2) is 0 Å². The zero-order valence-corrected chi connectivity index (χ0v) is 10.7. The number of hydrogen-bond donors (Lipinski definition) is 1. The number of amides is 1. The van der Waals surface area contributed by atoms with Gasteiger partial charge >= 0.3 is 5.82 Å². The number of hydrogen-bond acceptors (Lipinski definition) is 6. The first kappa shape index (κ1) is 14.4. The predicted molar refractivity (Wildman–Crippen MR) is 60.3 cm³/mol. The Balaban J connectivity index is 3.19. The SMILES string of the molecule is CC(Cn1cc(S(=O)(=O)Cl)c([N+](=O)[O-])n1)C(N)=O. The highest BCUT2D eigenvalue weighted by atomic mass is 35.7. The van der Waals surface area contributed by atoms with Gasteiger partial charge in [-0.25, -0.2) is 8.42 Å². The van der Waals surface area contributed by atoms with Crippen molar-refractivity contribution in [1.82, 2.24) is 9.78 Å². The topological polar surface area (TPSA) is 138 Å². The van der Waals surface area contributed by atoms with Gasteiger partial charge in [0.2, 0.25) is 10.8 Å². The van der Waals surface area contributed by atoms with Crippen molar-refractivity contribution in [2.24, 2.45) is 11.7 Å². The van der Waals surface area contributed by atoms with Gasteiger partial charge in [-0.2, -0.15) is 4.68 Å². The molecule has 0 saturated heterocycles. The maximum absolute atomic E-state index is 11.1. The minimum atomic E-state index is -4.28. The van der Waals surface area contributed by atoms with Crippen LogP contribution in [0, 0.1) is 16.0 Å². The van der Waals surface area contributed by atoms with Gasteiger partial charge in [-0.1, -0.05) is 6.92 Å². The molecular formula is C7H9ClN4O5S. The van der Waals surface area contributed by atoms with Crippen molar-refractivity contribution in [1.29, 1.82) is 0 Å². The predicted octanol–water partition coefficient (Wildman–Crippen LogP) is -0.160. The van der Waals surface area contributed by atoms with Crippen molar-refractivity contribution >= 4 is 31.5 Å². The van der Waals surface area contributed by atoms with Crippen molar-refractivity contribution < 1.29 is 18.1 Å². The quantitative estimate of drug-likeness (QED) is 0.455. The molecule has 100 valence electrons. The van der Waals surface area contributed by atoms with Crippen LogP contribution in [0.3, 0.4) is 0 Å². The first-order chi connectivity index (χ1) is 8.12. The summed E-state index contributed by atoms with van der Waals surface area (Å²) >= 11 is 0. The van der Waals surface area contributed by atoms with Gasteiger partial charge in [0.05, 0.1) is 23.8 Å². The number of halogens is 1. The molecule has 0 aromatic carbocycles. The zero-order valence-electron chi connectivity index (χ0n) is 9.11. The zero-order chi connectivity index (χ0) is 14.1. The molecule has 1 atom stereocenters. The number of primary amides is 1. The van der Waals surface area contributed by atoms with Crippen LogP contribution < -0.4 is 5.73 Å². The standard InChI is InChI=1S/C7H9ClN4O5S/c1-4(6(9)13)2-11-3-5(18(8,16)17)7(10-11)12(14)15/h3-4H,2H2,1H3,(H2,9,13). The highest BCUT2D eigenvalue weighted by Gasteiger charge is 2.30. The van der Waals surface area contributed by atoms with E-state index in [4.69, 9.17) is 16.4 Å². The molecule has 1 aromatic rings. The van der Waals surface area contributed by atoms with Crippen LogP contribution in [-0.4, -0.2) is 29.0 Å². The molecular weight excluding hydrogens is 288 g/mol. The molecule has 0 saturated carbocycles. The van der Waals surface area contributed by atoms with Gasteiger partial charge in [0.1, 0.15) is 0 Å². The lowest BCUT2D eigenvalue weighted by Crippen LogP contribution is -2.24. The van der Waals surface area contributed by atoms with Gasteiger partial charge in [-0.05, 0) is 4.92 Å². The summed E-state index contributed by atoms with van der Waals surface area (Å²) in [6, 6.07) is 0. The summed E-state index contributed by atoms with van der Waals surface area (Å²) in [5.74, 6) is -2.18. The third kappa shape index (κ3) is 3.17. The minimum Gasteiger partial charge on any atom is -0.369 e. The summed E-state index contributed by atoms with van der Waals surface area (Å²) in [5, 5.41) is 14.1. The largest absolute Gasteiger partial charge is 0.410 e. The van der Waals surface area contributed by atoms with Crippen LogP contribution in [0.25, 0.3) is 0 Å². The number of carbonyl (C=O) groups is 1. The van der Waals surface area contributed by atoms with E-state index in [0.29, 0.717) is 0 Å². The number of rotatable bonds is 5. The number of nitrogens with zero attached hydrogens (tertiary/aromatic N) is 3. The van der Waals surface area contributed by atoms with E-state index in [1.54, 1.807) is 0 Å². The molecule has 1 heterocycles. The molecule has 0 bridgehead atoms. The van der Waals surface area contributed by atoms with Crippen LogP contribution >= 0.6 is 10.7 Å². The Morgan fingerprint density at radius 3 is 2.61 bits per heavy atom. The van der Waals surface area contributed by atoms with Crippen LogP contribution in [0.5, 0.6) is 0 Å². The smallest absolute Gasteiger partial charge is 0.369 e. The summed E-state index contributed by atoms with van der Waals surface area (Å²) < 4.78 is 23.2. The van der Waals surface area contributed by atoms with Crippen LogP contribution in [0.1, 0.15) is 6.92 Å². The van der Waals surface area contributed by atoms with Crippen molar-refractivity contribution in [2.75, 3.05) is 0 Å². The molecule has 1 rings (SSSR count). The van der Waals surface area contributed by atoms with Crippen LogP contribution in [0.4, 0.5) is 5.82 Å². The molecule has 18 heavy (non-hydrogen) atoms. The van der Waals surface area contributed by atoms with Crippen molar-refractivity contribution in [3.63, 3.8) is 0 Å². The lowest BCUT2D eigenvalue weighted by atomic mass is 10.2. The van der Waals surface area contributed by atoms with E-state index in [2.05, 4.69) is 5.10 Å². The molecule has 0 aliphatic rings. The van der Waals surface area contributed by atoms with E-state index in [1.165, 1.54) is 6.92 Å². The monoisotopic (exact) mass is 296 g/mol. The Morgan fingerprint density at radius 2 is 2.28 bits per heavy atom. The van der Waals surface area contributed by atoms with Crippen molar-refractivity contribution in [3.8, 4) is 0 Å². The average molecular weight is 297 g/mol.